The van der Waals surface area contributed by atoms with Crippen LogP contribution < -0.4 is 4.90 Å². The largest absolute Gasteiger partial charge is 0.378 e. The average molecular weight is 384 g/mol. The highest BCUT2D eigenvalue weighted by molar-refractivity contribution is 6.21. The van der Waals surface area contributed by atoms with Crippen molar-refractivity contribution in [3.05, 3.63) is 101 Å². The lowest BCUT2D eigenvalue weighted by atomic mass is 9.97. The molecule has 0 unspecified atom stereocenters. The fraction of sp³-hybridized carbons (Fsp3) is 0.125. The van der Waals surface area contributed by atoms with Crippen molar-refractivity contribution in [2.45, 2.75) is 6.54 Å². The maximum absolute atomic E-state index is 13.1. The van der Waals surface area contributed by atoms with Gasteiger partial charge < -0.3 is 4.90 Å². The minimum Gasteiger partial charge on any atom is -0.378 e. The molecule has 144 valence electrons. The molecule has 3 aromatic rings. The number of hydrogen-bond donors (Lipinski definition) is 0. The van der Waals surface area contributed by atoms with Gasteiger partial charge >= 0.3 is 0 Å². The Morgan fingerprint density at radius 2 is 1.34 bits per heavy atom. The molecule has 1 heterocycles. The van der Waals surface area contributed by atoms with Crippen molar-refractivity contribution in [3.8, 4) is 0 Å². The Kier molecular flexibility index (Phi) is 4.72. The van der Waals surface area contributed by atoms with Gasteiger partial charge in [0.1, 0.15) is 0 Å². The van der Waals surface area contributed by atoms with Crippen LogP contribution in [-0.4, -0.2) is 36.6 Å². The summed E-state index contributed by atoms with van der Waals surface area (Å²) in [6, 6.07) is 21.2. The van der Waals surface area contributed by atoms with Crippen molar-refractivity contribution in [1.82, 2.24) is 4.90 Å². The summed E-state index contributed by atoms with van der Waals surface area (Å²) in [6.45, 7) is 0.0596. The number of imide groups is 1. The third-order valence-electron chi connectivity index (χ3n) is 5.11. The van der Waals surface area contributed by atoms with Crippen LogP contribution in [0.15, 0.2) is 72.8 Å². The molecule has 0 fully saturated rings. The molecule has 0 saturated carbocycles. The highest BCUT2D eigenvalue weighted by Crippen LogP contribution is 2.26. The van der Waals surface area contributed by atoms with Crippen molar-refractivity contribution in [3.63, 3.8) is 0 Å². The van der Waals surface area contributed by atoms with E-state index in [1.165, 1.54) is 4.90 Å². The molecule has 0 atom stereocenters. The molecule has 29 heavy (non-hydrogen) atoms. The molecule has 5 heteroatoms. The summed E-state index contributed by atoms with van der Waals surface area (Å²) in [4.78, 5) is 41.6. The Hall–Kier alpha value is -3.73. The van der Waals surface area contributed by atoms with Crippen LogP contribution in [-0.2, 0) is 6.54 Å². The van der Waals surface area contributed by atoms with E-state index in [2.05, 4.69) is 0 Å². The summed E-state index contributed by atoms with van der Waals surface area (Å²) in [5.41, 5.74) is 3.50. The maximum Gasteiger partial charge on any atom is 0.261 e. The minimum atomic E-state index is -0.330. The SMILES string of the molecule is CN(C)c1ccc(C(=O)c2ccccc2CN2C(=O)c3ccccc3C2=O)cc1. The van der Waals surface area contributed by atoms with Crippen LogP contribution >= 0.6 is 0 Å². The highest BCUT2D eigenvalue weighted by Gasteiger charge is 2.35. The molecule has 0 bridgehead atoms. The predicted octanol–water partition coefficient (Wildman–Crippen LogP) is 3.78. The van der Waals surface area contributed by atoms with Gasteiger partial charge in [-0.3, -0.25) is 19.3 Å². The number of fused-ring (bicyclic) bond motifs is 1. The van der Waals surface area contributed by atoms with E-state index < -0.39 is 0 Å². The van der Waals surface area contributed by atoms with E-state index in [1.807, 2.05) is 31.1 Å². The van der Waals surface area contributed by atoms with E-state index in [0.29, 0.717) is 27.8 Å². The number of carbonyl (C=O) groups excluding carboxylic acids is 3. The topological polar surface area (TPSA) is 57.7 Å². The minimum absolute atomic E-state index is 0.0596. The van der Waals surface area contributed by atoms with Gasteiger partial charge in [0.15, 0.2) is 5.78 Å². The molecule has 0 aliphatic carbocycles. The van der Waals surface area contributed by atoms with Crippen LogP contribution in [0.4, 0.5) is 5.69 Å². The highest BCUT2D eigenvalue weighted by atomic mass is 16.2. The van der Waals surface area contributed by atoms with Crippen LogP contribution in [0.3, 0.4) is 0 Å². The van der Waals surface area contributed by atoms with E-state index in [1.54, 1.807) is 60.7 Å². The Balaban J connectivity index is 1.63. The van der Waals surface area contributed by atoms with Crippen LogP contribution in [0.1, 0.15) is 42.2 Å². The van der Waals surface area contributed by atoms with Crippen LogP contribution in [0.25, 0.3) is 0 Å². The first-order chi connectivity index (χ1) is 14.0. The number of amides is 2. The normalized spacial score (nSPS) is 12.8. The lowest BCUT2D eigenvalue weighted by molar-refractivity contribution is 0.0640. The molecule has 3 aromatic carbocycles. The second-order valence-corrected chi connectivity index (χ2v) is 7.17. The van der Waals surface area contributed by atoms with E-state index >= 15 is 0 Å². The van der Waals surface area contributed by atoms with Crippen molar-refractivity contribution in [2.75, 3.05) is 19.0 Å². The smallest absolute Gasteiger partial charge is 0.261 e. The summed E-state index contributed by atoms with van der Waals surface area (Å²) >= 11 is 0. The second kappa shape index (κ2) is 7.36. The summed E-state index contributed by atoms with van der Waals surface area (Å²) < 4.78 is 0. The first kappa shape index (κ1) is 18.6. The van der Waals surface area contributed by atoms with Gasteiger partial charge in [-0.05, 0) is 42.0 Å². The van der Waals surface area contributed by atoms with Crippen molar-refractivity contribution in [1.29, 1.82) is 0 Å². The van der Waals surface area contributed by atoms with E-state index in [4.69, 9.17) is 0 Å². The third kappa shape index (κ3) is 3.31. The molecule has 0 spiro atoms. The number of hydrogen-bond acceptors (Lipinski definition) is 4. The zero-order valence-electron chi connectivity index (χ0n) is 16.3. The molecular formula is C24H20N2O3. The zero-order valence-corrected chi connectivity index (χ0v) is 16.3. The molecule has 1 aliphatic rings. The van der Waals surface area contributed by atoms with Crippen LogP contribution in [0, 0.1) is 0 Å². The molecular weight excluding hydrogens is 364 g/mol. The maximum atomic E-state index is 13.1. The Morgan fingerprint density at radius 1 is 0.793 bits per heavy atom. The number of carbonyl (C=O) groups is 3. The quantitative estimate of drug-likeness (QED) is 0.496. The number of rotatable bonds is 5. The van der Waals surface area contributed by atoms with Gasteiger partial charge in [0, 0.05) is 30.9 Å². The van der Waals surface area contributed by atoms with Gasteiger partial charge in [-0.1, -0.05) is 36.4 Å². The molecule has 1 aliphatic heterocycles. The van der Waals surface area contributed by atoms with Gasteiger partial charge in [0.05, 0.1) is 17.7 Å². The number of benzene rings is 3. The van der Waals surface area contributed by atoms with E-state index in [9.17, 15) is 14.4 Å². The van der Waals surface area contributed by atoms with E-state index in [0.717, 1.165) is 5.69 Å². The monoisotopic (exact) mass is 384 g/mol. The first-order valence-corrected chi connectivity index (χ1v) is 9.32. The molecule has 0 aromatic heterocycles. The van der Waals surface area contributed by atoms with Gasteiger partial charge in [0.25, 0.3) is 11.8 Å². The predicted molar refractivity (Wildman–Crippen MR) is 111 cm³/mol. The molecule has 5 nitrogen and oxygen atoms in total. The van der Waals surface area contributed by atoms with E-state index in [-0.39, 0.29) is 24.1 Å². The Morgan fingerprint density at radius 3 is 1.93 bits per heavy atom. The summed E-state index contributed by atoms with van der Waals surface area (Å²) in [7, 11) is 3.88. The van der Waals surface area contributed by atoms with Crippen molar-refractivity contribution in [2.24, 2.45) is 0 Å². The standard InChI is InChI=1S/C24H20N2O3/c1-25(2)18-13-11-16(12-14-18)22(27)19-8-4-3-7-17(19)15-26-23(28)20-9-5-6-10-21(20)24(26)29/h3-14H,15H2,1-2H3. The lowest BCUT2D eigenvalue weighted by Gasteiger charge is -2.17. The lowest BCUT2D eigenvalue weighted by Crippen LogP contribution is -2.29. The zero-order chi connectivity index (χ0) is 20.5. The number of nitrogens with zero attached hydrogens (tertiary/aromatic N) is 2. The average Bonchev–Trinajstić information content (AvgIpc) is 2.99. The fourth-order valence-corrected chi connectivity index (χ4v) is 3.50. The molecule has 2 amide bonds. The number of anilines is 1. The van der Waals surface area contributed by atoms with Crippen LogP contribution in [0.5, 0.6) is 0 Å². The van der Waals surface area contributed by atoms with Gasteiger partial charge in [-0.15, -0.1) is 0 Å². The van der Waals surface area contributed by atoms with Gasteiger partial charge in [0.2, 0.25) is 0 Å². The second-order valence-electron chi connectivity index (χ2n) is 7.17. The molecule has 0 radical (unpaired) electrons. The van der Waals surface area contributed by atoms with Crippen molar-refractivity contribution < 1.29 is 14.4 Å². The Bertz CT molecular complexity index is 1080. The molecule has 0 saturated heterocycles. The van der Waals surface area contributed by atoms with Crippen molar-refractivity contribution >= 4 is 23.3 Å². The molecule has 4 rings (SSSR count). The van der Waals surface area contributed by atoms with Gasteiger partial charge in [-0.25, -0.2) is 0 Å². The number of ketones is 1. The summed E-state index contributed by atoms with van der Waals surface area (Å²) in [6.07, 6.45) is 0. The summed E-state index contributed by atoms with van der Waals surface area (Å²) in [5, 5.41) is 0. The first-order valence-electron chi connectivity index (χ1n) is 9.32. The third-order valence-corrected chi connectivity index (χ3v) is 5.11. The Labute approximate surface area is 169 Å². The van der Waals surface area contributed by atoms with Gasteiger partial charge in [-0.2, -0.15) is 0 Å². The summed E-state index contributed by atoms with van der Waals surface area (Å²) in [5.74, 6) is -0.797. The fourth-order valence-electron chi connectivity index (χ4n) is 3.50. The molecule has 0 N–H and O–H groups in total. The van der Waals surface area contributed by atoms with Crippen LogP contribution in [0.2, 0.25) is 0 Å².